The molecule has 0 spiro atoms. The fourth-order valence-electron chi connectivity index (χ4n) is 2.34. The van der Waals surface area contributed by atoms with Gasteiger partial charge in [0.15, 0.2) is 0 Å². The van der Waals surface area contributed by atoms with Gasteiger partial charge in [0.05, 0.1) is 0 Å². The van der Waals surface area contributed by atoms with Crippen LogP contribution in [0, 0.1) is 22.7 Å². The molecule has 0 bridgehead atoms. The summed E-state index contributed by atoms with van der Waals surface area (Å²) in [5, 5.41) is 29.0. The van der Waals surface area contributed by atoms with Crippen LogP contribution in [0.15, 0.2) is 23.0 Å². The van der Waals surface area contributed by atoms with Crippen LogP contribution in [-0.4, -0.2) is 10.1 Å². The molecule has 0 saturated carbocycles. The summed E-state index contributed by atoms with van der Waals surface area (Å²) < 4.78 is 0. The Balaban J connectivity index is 2.96. The Hall–Kier alpha value is -3.25. The molecule has 0 radical (unpaired) electrons. The molecule has 2 aromatic rings. The third-order valence-corrected chi connectivity index (χ3v) is 3.43. The Morgan fingerprint density at radius 2 is 1.86 bits per heavy atom. The number of phenolic OH excluding ortho intramolecular Hbond substituents is 1. The summed E-state index contributed by atoms with van der Waals surface area (Å²) in [5.41, 5.74) is 5.66. The molecular formula is C16H14N4O2. The maximum Gasteiger partial charge on any atom is 0.268 e. The first-order valence-electron chi connectivity index (χ1n) is 6.60. The first-order chi connectivity index (χ1) is 10.4. The van der Waals surface area contributed by atoms with Crippen molar-refractivity contribution in [3.63, 3.8) is 0 Å². The number of nitriles is 2. The van der Waals surface area contributed by atoms with Crippen LogP contribution in [-0.2, 0) is 0 Å². The van der Waals surface area contributed by atoms with Crippen molar-refractivity contribution in [2.45, 2.75) is 19.8 Å². The number of aromatic hydroxyl groups is 1. The topological polar surface area (TPSA) is 127 Å². The van der Waals surface area contributed by atoms with Gasteiger partial charge in [0.2, 0.25) is 0 Å². The minimum absolute atomic E-state index is 0.0349. The van der Waals surface area contributed by atoms with E-state index in [1.165, 1.54) is 0 Å². The third-order valence-electron chi connectivity index (χ3n) is 3.43. The SMILES string of the molecule is CC(C)c1cccc(-c2c(C#N)c(N)[nH]c(=O)c2C#N)c1O. The molecule has 0 aliphatic heterocycles. The average Bonchev–Trinajstić information content (AvgIpc) is 2.46. The number of pyridine rings is 1. The van der Waals surface area contributed by atoms with E-state index in [4.69, 9.17) is 5.73 Å². The number of rotatable bonds is 2. The molecule has 1 aromatic carbocycles. The van der Waals surface area contributed by atoms with E-state index < -0.39 is 5.56 Å². The van der Waals surface area contributed by atoms with Gasteiger partial charge in [0.25, 0.3) is 5.56 Å². The fraction of sp³-hybridized carbons (Fsp3) is 0.188. The number of nitrogen functional groups attached to an aromatic ring is 1. The zero-order valence-electron chi connectivity index (χ0n) is 12.1. The highest BCUT2D eigenvalue weighted by Gasteiger charge is 2.22. The molecule has 0 atom stereocenters. The van der Waals surface area contributed by atoms with Crippen molar-refractivity contribution in [1.82, 2.24) is 4.98 Å². The summed E-state index contributed by atoms with van der Waals surface area (Å²) in [7, 11) is 0. The zero-order valence-corrected chi connectivity index (χ0v) is 12.1. The van der Waals surface area contributed by atoms with Crippen molar-refractivity contribution in [2.24, 2.45) is 0 Å². The standard InChI is InChI=1S/C16H14N4O2/c1-8(2)9-4-3-5-10(14(9)21)13-11(6-17)15(19)20-16(22)12(13)7-18/h3-5,8,21H,1-2H3,(H3,19,20,22). The highest BCUT2D eigenvalue weighted by molar-refractivity contribution is 5.84. The summed E-state index contributed by atoms with van der Waals surface area (Å²) in [6.07, 6.45) is 0. The normalized spacial score (nSPS) is 10.2. The molecule has 0 unspecified atom stereocenters. The second-order valence-electron chi connectivity index (χ2n) is 5.11. The van der Waals surface area contributed by atoms with Crippen LogP contribution < -0.4 is 11.3 Å². The lowest BCUT2D eigenvalue weighted by Gasteiger charge is -2.14. The number of nitrogens with two attached hydrogens (primary N) is 1. The van der Waals surface area contributed by atoms with Gasteiger partial charge in [-0.2, -0.15) is 10.5 Å². The minimum Gasteiger partial charge on any atom is -0.507 e. The molecule has 2 rings (SSSR count). The second kappa shape index (κ2) is 5.63. The molecule has 1 aromatic heterocycles. The summed E-state index contributed by atoms with van der Waals surface area (Å²) in [6.45, 7) is 3.81. The molecule has 4 N–H and O–H groups in total. The molecule has 1 heterocycles. The monoisotopic (exact) mass is 294 g/mol. The molecular weight excluding hydrogens is 280 g/mol. The van der Waals surface area contributed by atoms with Crippen LogP contribution in [0.25, 0.3) is 11.1 Å². The van der Waals surface area contributed by atoms with Gasteiger partial charge >= 0.3 is 0 Å². The van der Waals surface area contributed by atoms with Crippen LogP contribution in [0.3, 0.4) is 0 Å². The summed E-state index contributed by atoms with van der Waals surface area (Å²) in [4.78, 5) is 14.2. The zero-order chi connectivity index (χ0) is 16.4. The van der Waals surface area contributed by atoms with Gasteiger partial charge in [0.1, 0.15) is 34.8 Å². The Bertz CT molecular complexity index is 883. The van der Waals surface area contributed by atoms with Gasteiger partial charge in [-0.05, 0) is 11.5 Å². The number of anilines is 1. The highest BCUT2D eigenvalue weighted by Crippen LogP contribution is 2.38. The lowest BCUT2D eigenvalue weighted by atomic mass is 9.91. The maximum atomic E-state index is 11.9. The Kier molecular flexibility index (Phi) is 3.87. The Morgan fingerprint density at radius 3 is 2.41 bits per heavy atom. The molecule has 0 amide bonds. The van der Waals surface area contributed by atoms with E-state index in [9.17, 15) is 20.4 Å². The molecule has 0 saturated heterocycles. The Labute approximate surface area is 127 Å². The van der Waals surface area contributed by atoms with Gasteiger partial charge in [-0.3, -0.25) is 4.79 Å². The summed E-state index contributed by atoms with van der Waals surface area (Å²) in [6, 6.07) is 8.66. The van der Waals surface area contributed by atoms with Crippen LogP contribution >= 0.6 is 0 Å². The summed E-state index contributed by atoms with van der Waals surface area (Å²) >= 11 is 0. The first kappa shape index (κ1) is 15.1. The van der Waals surface area contributed by atoms with Crippen molar-refractivity contribution in [3.8, 4) is 29.0 Å². The maximum absolute atomic E-state index is 11.9. The van der Waals surface area contributed by atoms with E-state index in [-0.39, 0.29) is 39.7 Å². The van der Waals surface area contributed by atoms with E-state index in [1.807, 2.05) is 19.9 Å². The Morgan fingerprint density at radius 1 is 1.23 bits per heavy atom. The number of phenols is 1. The molecule has 6 heteroatoms. The summed E-state index contributed by atoms with van der Waals surface area (Å²) in [5.74, 6) is -0.151. The van der Waals surface area contributed by atoms with E-state index in [1.54, 1.807) is 24.3 Å². The lowest BCUT2D eigenvalue weighted by molar-refractivity contribution is 0.467. The molecule has 0 fully saturated rings. The lowest BCUT2D eigenvalue weighted by Crippen LogP contribution is -2.16. The van der Waals surface area contributed by atoms with E-state index in [2.05, 4.69) is 4.98 Å². The van der Waals surface area contributed by atoms with Crippen LogP contribution in [0.5, 0.6) is 5.75 Å². The van der Waals surface area contributed by atoms with E-state index >= 15 is 0 Å². The van der Waals surface area contributed by atoms with Crippen LogP contribution in [0.1, 0.15) is 36.5 Å². The minimum atomic E-state index is -0.691. The number of aromatic amines is 1. The third kappa shape index (κ3) is 2.27. The van der Waals surface area contributed by atoms with Crippen molar-refractivity contribution in [3.05, 3.63) is 45.2 Å². The fourth-order valence-corrected chi connectivity index (χ4v) is 2.34. The predicted molar refractivity (Wildman–Crippen MR) is 82.1 cm³/mol. The molecule has 22 heavy (non-hydrogen) atoms. The van der Waals surface area contributed by atoms with Gasteiger partial charge < -0.3 is 15.8 Å². The van der Waals surface area contributed by atoms with Crippen LogP contribution in [0.2, 0.25) is 0 Å². The second-order valence-corrected chi connectivity index (χ2v) is 5.11. The van der Waals surface area contributed by atoms with Crippen molar-refractivity contribution >= 4 is 5.82 Å². The number of hydrogen-bond acceptors (Lipinski definition) is 5. The quantitative estimate of drug-likeness (QED) is 0.782. The molecule has 0 aliphatic carbocycles. The largest absolute Gasteiger partial charge is 0.507 e. The smallest absolute Gasteiger partial charge is 0.268 e. The van der Waals surface area contributed by atoms with E-state index in [0.29, 0.717) is 5.56 Å². The van der Waals surface area contributed by atoms with Gasteiger partial charge in [0, 0.05) is 11.1 Å². The van der Waals surface area contributed by atoms with Gasteiger partial charge in [-0.15, -0.1) is 0 Å². The molecule has 0 aliphatic rings. The number of nitrogens with zero attached hydrogens (tertiary/aromatic N) is 2. The number of benzene rings is 1. The van der Waals surface area contributed by atoms with Gasteiger partial charge in [-0.1, -0.05) is 32.0 Å². The van der Waals surface area contributed by atoms with Crippen molar-refractivity contribution in [1.29, 1.82) is 10.5 Å². The van der Waals surface area contributed by atoms with Crippen LogP contribution in [0.4, 0.5) is 5.82 Å². The molecule has 6 nitrogen and oxygen atoms in total. The predicted octanol–water partition coefficient (Wildman–Crippen LogP) is 2.20. The molecule has 110 valence electrons. The van der Waals surface area contributed by atoms with E-state index in [0.717, 1.165) is 0 Å². The van der Waals surface area contributed by atoms with Gasteiger partial charge in [-0.25, -0.2) is 0 Å². The number of para-hydroxylation sites is 1. The number of nitrogens with one attached hydrogen (secondary N) is 1. The highest BCUT2D eigenvalue weighted by atomic mass is 16.3. The number of aromatic nitrogens is 1. The number of hydrogen-bond donors (Lipinski definition) is 3. The van der Waals surface area contributed by atoms with Crippen molar-refractivity contribution in [2.75, 3.05) is 5.73 Å². The number of H-pyrrole nitrogens is 1. The van der Waals surface area contributed by atoms with Crippen molar-refractivity contribution < 1.29 is 5.11 Å². The average molecular weight is 294 g/mol. The first-order valence-corrected chi connectivity index (χ1v) is 6.60.